The second-order valence-corrected chi connectivity index (χ2v) is 6.98. The van der Waals surface area contributed by atoms with Crippen LogP contribution in [-0.4, -0.2) is 54.0 Å². The highest BCUT2D eigenvalue weighted by Gasteiger charge is 2.31. The van der Waals surface area contributed by atoms with Gasteiger partial charge in [-0.3, -0.25) is 9.69 Å². The van der Waals surface area contributed by atoms with Crippen LogP contribution >= 0.6 is 0 Å². The van der Waals surface area contributed by atoms with E-state index >= 15 is 0 Å². The maximum absolute atomic E-state index is 12.6. The lowest BCUT2D eigenvalue weighted by molar-refractivity contribution is -0.116. The van der Waals surface area contributed by atoms with E-state index in [1.54, 1.807) is 0 Å². The Morgan fingerprint density at radius 3 is 3.00 bits per heavy atom. The smallest absolute Gasteiger partial charge is 0.321 e. The van der Waals surface area contributed by atoms with E-state index in [-0.39, 0.29) is 11.9 Å². The Morgan fingerprint density at radius 2 is 2.08 bits per heavy atom. The quantitative estimate of drug-likeness (QED) is 0.831. The summed E-state index contributed by atoms with van der Waals surface area (Å²) in [6.07, 6.45) is 4.99. The van der Waals surface area contributed by atoms with Gasteiger partial charge in [-0.25, -0.2) is 4.79 Å². The molecule has 2 fully saturated rings. The van der Waals surface area contributed by atoms with Crippen LogP contribution in [0, 0.1) is 0 Å². The molecule has 0 saturated carbocycles. The first-order valence-corrected chi connectivity index (χ1v) is 8.92. The Morgan fingerprint density at radius 1 is 1.17 bits per heavy atom. The normalized spacial score (nSPS) is 23.9. The molecule has 0 spiro atoms. The lowest BCUT2D eigenvalue weighted by atomic mass is 10.00. The summed E-state index contributed by atoms with van der Waals surface area (Å²) in [5.74, 6) is 0.0599. The van der Waals surface area contributed by atoms with Gasteiger partial charge < -0.3 is 15.5 Å². The predicted molar refractivity (Wildman–Crippen MR) is 93.2 cm³/mol. The van der Waals surface area contributed by atoms with E-state index in [2.05, 4.69) is 15.5 Å². The molecule has 1 aromatic carbocycles. The molecule has 2 saturated heterocycles. The Labute approximate surface area is 142 Å². The van der Waals surface area contributed by atoms with Gasteiger partial charge in [0.05, 0.1) is 0 Å². The van der Waals surface area contributed by atoms with Crippen LogP contribution in [0.25, 0.3) is 0 Å². The van der Waals surface area contributed by atoms with Crippen molar-refractivity contribution < 1.29 is 9.59 Å². The maximum Gasteiger partial charge on any atom is 0.321 e. The summed E-state index contributed by atoms with van der Waals surface area (Å²) in [6.45, 7) is 3.78. The number of anilines is 2. The number of carbonyl (C=O) groups excluding carboxylic acids is 2. The second kappa shape index (κ2) is 6.43. The molecule has 3 aliphatic heterocycles. The summed E-state index contributed by atoms with van der Waals surface area (Å²) >= 11 is 0. The summed E-state index contributed by atoms with van der Waals surface area (Å²) in [6, 6.07) is 6.22. The van der Waals surface area contributed by atoms with Gasteiger partial charge in [0.1, 0.15) is 0 Å². The molecule has 4 rings (SSSR count). The average Bonchev–Trinajstić information content (AvgIpc) is 2.61. The highest BCUT2D eigenvalue weighted by atomic mass is 16.2. The summed E-state index contributed by atoms with van der Waals surface area (Å²) in [7, 11) is 0. The van der Waals surface area contributed by atoms with Crippen molar-refractivity contribution in [3.05, 3.63) is 23.8 Å². The van der Waals surface area contributed by atoms with Crippen molar-refractivity contribution in [3.63, 3.8) is 0 Å². The number of hydrogen-bond acceptors (Lipinski definition) is 3. The van der Waals surface area contributed by atoms with Gasteiger partial charge in [0, 0.05) is 43.5 Å². The molecule has 1 atom stereocenters. The van der Waals surface area contributed by atoms with Crippen molar-refractivity contribution in [1.82, 2.24) is 9.80 Å². The van der Waals surface area contributed by atoms with Crippen molar-refractivity contribution >= 4 is 23.3 Å². The predicted octanol–water partition coefficient (Wildman–Crippen LogP) is 2.27. The SMILES string of the molecule is O=C1CCc2cc(NC(=O)N3CCN4CCCC[C@@H]4C3)ccc2N1. The van der Waals surface area contributed by atoms with E-state index in [1.807, 2.05) is 23.1 Å². The van der Waals surface area contributed by atoms with Crippen molar-refractivity contribution in [2.24, 2.45) is 0 Å². The number of carbonyl (C=O) groups is 2. The lowest BCUT2D eigenvalue weighted by Gasteiger charge is -2.43. The largest absolute Gasteiger partial charge is 0.326 e. The number of nitrogens with zero attached hydrogens (tertiary/aromatic N) is 2. The minimum Gasteiger partial charge on any atom is -0.326 e. The zero-order valence-corrected chi connectivity index (χ0v) is 13.9. The molecular formula is C18H24N4O2. The molecule has 128 valence electrons. The molecule has 0 aliphatic carbocycles. The maximum atomic E-state index is 12.6. The monoisotopic (exact) mass is 328 g/mol. The van der Waals surface area contributed by atoms with E-state index in [0.717, 1.165) is 43.0 Å². The number of fused-ring (bicyclic) bond motifs is 2. The van der Waals surface area contributed by atoms with Crippen LogP contribution < -0.4 is 10.6 Å². The zero-order valence-electron chi connectivity index (χ0n) is 13.9. The van der Waals surface area contributed by atoms with Gasteiger partial charge in [0.15, 0.2) is 0 Å². The van der Waals surface area contributed by atoms with E-state index in [0.29, 0.717) is 12.5 Å². The first-order chi connectivity index (χ1) is 11.7. The molecule has 0 aromatic heterocycles. The Hall–Kier alpha value is -2.08. The first kappa shape index (κ1) is 15.4. The van der Waals surface area contributed by atoms with Gasteiger partial charge in [0.25, 0.3) is 0 Å². The number of amides is 3. The number of rotatable bonds is 1. The van der Waals surface area contributed by atoms with Crippen LogP contribution in [0.5, 0.6) is 0 Å². The number of urea groups is 1. The summed E-state index contributed by atoms with van der Waals surface area (Å²) in [5.41, 5.74) is 2.76. The van der Waals surface area contributed by atoms with E-state index in [1.165, 1.54) is 25.8 Å². The summed E-state index contributed by atoms with van der Waals surface area (Å²) < 4.78 is 0. The third-order valence-corrected chi connectivity index (χ3v) is 5.38. The molecular weight excluding hydrogens is 304 g/mol. The van der Waals surface area contributed by atoms with Crippen molar-refractivity contribution in [2.75, 3.05) is 36.8 Å². The van der Waals surface area contributed by atoms with Gasteiger partial charge in [-0.1, -0.05) is 6.42 Å². The molecule has 0 unspecified atom stereocenters. The van der Waals surface area contributed by atoms with Crippen LogP contribution in [0.1, 0.15) is 31.2 Å². The van der Waals surface area contributed by atoms with E-state index in [9.17, 15) is 9.59 Å². The number of aryl methyl sites for hydroxylation is 1. The van der Waals surface area contributed by atoms with Gasteiger partial charge in [-0.2, -0.15) is 0 Å². The molecule has 24 heavy (non-hydrogen) atoms. The lowest BCUT2D eigenvalue weighted by Crippen LogP contribution is -2.56. The fourth-order valence-corrected chi connectivity index (χ4v) is 4.00. The molecule has 0 bridgehead atoms. The fraction of sp³-hybridized carbons (Fsp3) is 0.556. The number of piperidine rings is 1. The Balaban J connectivity index is 1.40. The highest BCUT2D eigenvalue weighted by Crippen LogP contribution is 2.26. The standard InChI is InChI=1S/C18H24N4O2/c23-17-7-4-13-11-14(5-6-16(13)20-17)19-18(24)22-10-9-21-8-2-1-3-15(21)12-22/h5-6,11,15H,1-4,7-10,12H2,(H,19,24)(H,20,23)/t15-/m1/s1. The molecule has 3 heterocycles. The molecule has 3 aliphatic rings. The second-order valence-electron chi connectivity index (χ2n) is 6.98. The van der Waals surface area contributed by atoms with Gasteiger partial charge >= 0.3 is 6.03 Å². The number of nitrogens with one attached hydrogen (secondary N) is 2. The van der Waals surface area contributed by atoms with Crippen LogP contribution in [-0.2, 0) is 11.2 Å². The van der Waals surface area contributed by atoms with Crippen LogP contribution in [0.2, 0.25) is 0 Å². The minimum absolute atomic E-state index is 0.0139. The minimum atomic E-state index is -0.0139. The van der Waals surface area contributed by atoms with Crippen LogP contribution in [0.15, 0.2) is 18.2 Å². The number of piperazine rings is 1. The topological polar surface area (TPSA) is 64.7 Å². The fourth-order valence-electron chi connectivity index (χ4n) is 4.00. The van der Waals surface area contributed by atoms with Gasteiger partial charge in [0.2, 0.25) is 5.91 Å². The van der Waals surface area contributed by atoms with Gasteiger partial charge in [-0.05, 0) is 49.6 Å². The number of benzene rings is 1. The van der Waals surface area contributed by atoms with Crippen LogP contribution in [0.3, 0.4) is 0 Å². The molecule has 2 N–H and O–H groups in total. The third kappa shape index (κ3) is 3.11. The van der Waals surface area contributed by atoms with Crippen molar-refractivity contribution in [3.8, 4) is 0 Å². The zero-order chi connectivity index (χ0) is 16.5. The molecule has 3 amide bonds. The summed E-state index contributed by atoms with van der Waals surface area (Å²) in [5, 5.41) is 5.89. The molecule has 0 radical (unpaired) electrons. The Bertz CT molecular complexity index is 660. The first-order valence-electron chi connectivity index (χ1n) is 8.92. The highest BCUT2D eigenvalue weighted by molar-refractivity contribution is 5.95. The molecule has 6 nitrogen and oxygen atoms in total. The third-order valence-electron chi connectivity index (χ3n) is 5.38. The van der Waals surface area contributed by atoms with Gasteiger partial charge in [-0.15, -0.1) is 0 Å². The molecule has 1 aromatic rings. The van der Waals surface area contributed by atoms with E-state index in [4.69, 9.17) is 0 Å². The van der Waals surface area contributed by atoms with Crippen LogP contribution in [0.4, 0.5) is 16.2 Å². The summed E-state index contributed by atoms with van der Waals surface area (Å²) in [4.78, 5) is 28.5. The van der Waals surface area contributed by atoms with Crippen molar-refractivity contribution in [2.45, 2.75) is 38.1 Å². The number of hydrogen-bond donors (Lipinski definition) is 2. The van der Waals surface area contributed by atoms with E-state index < -0.39 is 0 Å². The van der Waals surface area contributed by atoms with Crippen molar-refractivity contribution in [1.29, 1.82) is 0 Å². The molecule has 6 heteroatoms. The average molecular weight is 328 g/mol. The Kier molecular flexibility index (Phi) is 4.14.